The van der Waals surface area contributed by atoms with Crippen LogP contribution in [0.3, 0.4) is 0 Å². The fourth-order valence-corrected chi connectivity index (χ4v) is 2.50. The standard InChI is InChI=1S/C15H22N2O2/c18-11-14(8-12-4-2-1-3-5-12)17-15(19)9-13-6-7-16-10-13/h1-5,13-14,16,18H,6-11H2,(H,17,19). The van der Waals surface area contributed by atoms with Crippen LogP contribution in [0, 0.1) is 5.92 Å². The molecule has 2 atom stereocenters. The van der Waals surface area contributed by atoms with E-state index in [1.54, 1.807) is 0 Å². The summed E-state index contributed by atoms with van der Waals surface area (Å²) in [6, 6.07) is 9.73. The topological polar surface area (TPSA) is 61.4 Å². The van der Waals surface area contributed by atoms with Crippen molar-refractivity contribution in [3.63, 3.8) is 0 Å². The van der Waals surface area contributed by atoms with Gasteiger partial charge in [0.15, 0.2) is 0 Å². The van der Waals surface area contributed by atoms with Crippen LogP contribution in [-0.2, 0) is 11.2 Å². The zero-order chi connectivity index (χ0) is 13.5. The molecule has 2 unspecified atom stereocenters. The normalized spacial score (nSPS) is 20.2. The van der Waals surface area contributed by atoms with Gasteiger partial charge in [0.25, 0.3) is 0 Å². The lowest BCUT2D eigenvalue weighted by Gasteiger charge is -2.17. The van der Waals surface area contributed by atoms with Crippen molar-refractivity contribution in [2.24, 2.45) is 5.92 Å². The molecule has 2 rings (SSSR count). The Labute approximate surface area is 114 Å². The van der Waals surface area contributed by atoms with Gasteiger partial charge in [-0.15, -0.1) is 0 Å². The minimum absolute atomic E-state index is 0.0243. The molecule has 1 heterocycles. The summed E-state index contributed by atoms with van der Waals surface area (Å²) in [6.45, 7) is 1.91. The van der Waals surface area contributed by atoms with Crippen molar-refractivity contribution in [1.82, 2.24) is 10.6 Å². The summed E-state index contributed by atoms with van der Waals surface area (Å²) >= 11 is 0. The summed E-state index contributed by atoms with van der Waals surface area (Å²) < 4.78 is 0. The number of aliphatic hydroxyl groups excluding tert-OH is 1. The highest BCUT2D eigenvalue weighted by molar-refractivity contribution is 5.76. The predicted octanol–water partition coefficient (Wildman–Crippen LogP) is 0.706. The van der Waals surface area contributed by atoms with Crippen LogP contribution in [0.4, 0.5) is 0 Å². The van der Waals surface area contributed by atoms with Gasteiger partial charge in [-0.1, -0.05) is 30.3 Å². The minimum Gasteiger partial charge on any atom is -0.394 e. The number of benzene rings is 1. The van der Waals surface area contributed by atoms with Crippen LogP contribution in [0.25, 0.3) is 0 Å². The number of hydrogen-bond acceptors (Lipinski definition) is 3. The van der Waals surface area contributed by atoms with E-state index in [1.807, 2.05) is 30.3 Å². The summed E-state index contributed by atoms with van der Waals surface area (Å²) in [7, 11) is 0. The Morgan fingerprint density at radius 3 is 2.84 bits per heavy atom. The number of carbonyl (C=O) groups excluding carboxylic acids is 1. The first kappa shape index (κ1) is 14.0. The molecule has 0 saturated carbocycles. The maximum Gasteiger partial charge on any atom is 0.220 e. The first-order valence-corrected chi connectivity index (χ1v) is 6.93. The molecule has 104 valence electrons. The maximum atomic E-state index is 11.9. The Hall–Kier alpha value is -1.39. The molecule has 4 nitrogen and oxygen atoms in total. The van der Waals surface area contributed by atoms with Crippen LogP contribution >= 0.6 is 0 Å². The monoisotopic (exact) mass is 262 g/mol. The smallest absolute Gasteiger partial charge is 0.220 e. The fraction of sp³-hybridized carbons (Fsp3) is 0.533. The van der Waals surface area contributed by atoms with Crippen LogP contribution in [0.2, 0.25) is 0 Å². The Morgan fingerprint density at radius 2 is 2.21 bits per heavy atom. The van der Waals surface area contributed by atoms with Crippen molar-refractivity contribution < 1.29 is 9.90 Å². The van der Waals surface area contributed by atoms with Crippen molar-refractivity contribution in [3.8, 4) is 0 Å². The van der Waals surface area contributed by atoms with E-state index < -0.39 is 0 Å². The SMILES string of the molecule is O=C(CC1CCNC1)NC(CO)Cc1ccccc1. The number of aliphatic hydroxyl groups is 1. The lowest BCUT2D eigenvalue weighted by Crippen LogP contribution is -2.39. The summed E-state index contributed by atoms with van der Waals surface area (Å²) in [6.07, 6.45) is 2.29. The van der Waals surface area contributed by atoms with Gasteiger partial charge in [0.2, 0.25) is 5.91 Å². The van der Waals surface area contributed by atoms with Gasteiger partial charge in [0.1, 0.15) is 0 Å². The molecule has 1 fully saturated rings. The Morgan fingerprint density at radius 1 is 1.42 bits per heavy atom. The highest BCUT2D eigenvalue weighted by Crippen LogP contribution is 2.12. The molecule has 19 heavy (non-hydrogen) atoms. The summed E-state index contributed by atoms with van der Waals surface area (Å²) in [5, 5.41) is 15.6. The molecule has 0 radical (unpaired) electrons. The third-order valence-electron chi connectivity index (χ3n) is 3.55. The molecule has 0 spiro atoms. The average molecular weight is 262 g/mol. The number of carbonyl (C=O) groups is 1. The van der Waals surface area contributed by atoms with Crippen molar-refractivity contribution in [1.29, 1.82) is 0 Å². The second-order valence-electron chi connectivity index (χ2n) is 5.20. The van der Waals surface area contributed by atoms with Crippen LogP contribution in [0.1, 0.15) is 18.4 Å². The molecular weight excluding hydrogens is 240 g/mol. The molecule has 4 heteroatoms. The molecule has 1 saturated heterocycles. The molecule has 3 N–H and O–H groups in total. The molecule has 0 bridgehead atoms. The third-order valence-corrected chi connectivity index (χ3v) is 3.55. The lowest BCUT2D eigenvalue weighted by molar-refractivity contribution is -0.122. The van der Waals surface area contributed by atoms with Crippen molar-refractivity contribution in [2.45, 2.75) is 25.3 Å². The Balaban J connectivity index is 1.79. The van der Waals surface area contributed by atoms with Crippen LogP contribution < -0.4 is 10.6 Å². The van der Waals surface area contributed by atoms with E-state index in [-0.39, 0.29) is 18.6 Å². The number of hydrogen-bond donors (Lipinski definition) is 3. The van der Waals surface area contributed by atoms with E-state index in [2.05, 4.69) is 10.6 Å². The van der Waals surface area contributed by atoms with Gasteiger partial charge in [-0.2, -0.15) is 0 Å². The van der Waals surface area contributed by atoms with Crippen molar-refractivity contribution in [2.75, 3.05) is 19.7 Å². The van der Waals surface area contributed by atoms with Gasteiger partial charge in [-0.25, -0.2) is 0 Å². The molecule has 0 aliphatic carbocycles. The van der Waals surface area contributed by atoms with Crippen molar-refractivity contribution in [3.05, 3.63) is 35.9 Å². The fourth-order valence-electron chi connectivity index (χ4n) is 2.50. The van der Waals surface area contributed by atoms with Gasteiger partial charge < -0.3 is 15.7 Å². The molecule has 1 aliphatic heterocycles. The van der Waals surface area contributed by atoms with Gasteiger partial charge in [-0.05, 0) is 37.4 Å². The van der Waals surface area contributed by atoms with E-state index in [1.165, 1.54) is 0 Å². The predicted molar refractivity (Wildman–Crippen MR) is 74.8 cm³/mol. The summed E-state index contributed by atoms with van der Waals surface area (Å²) in [4.78, 5) is 11.9. The average Bonchev–Trinajstić information content (AvgIpc) is 2.92. The van der Waals surface area contributed by atoms with Gasteiger partial charge in [-0.3, -0.25) is 4.79 Å². The molecular formula is C15H22N2O2. The Bertz CT molecular complexity index is 388. The quantitative estimate of drug-likeness (QED) is 0.707. The molecule has 0 aromatic heterocycles. The van der Waals surface area contributed by atoms with Gasteiger partial charge >= 0.3 is 0 Å². The first-order chi connectivity index (χ1) is 9.28. The van der Waals surface area contributed by atoms with Crippen molar-refractivity contribution >= 4 is 5.91 Å². The first-order valence-electron chi connectivity index (χ1n) is 6.93. The third kappa shape index (κ3) is 4.65. The zero-order valence-corrected chi connectivity index (χ0v) is 11.1. The Kier molecular flexibility index (Phi) is 5.36. The molecule has 1 aromatic carbocycles. The molecule has 1 amide bonds. The van der Waals surface area contributed by atoms with E-state index in [0.717, 1.165) is 25.1 Å². The van der Waals surface area contributed by atoms with E-state index in [4.69, 9.17) is 0 Å². The number of nitrogens with one attached hydrogen (secondary N) is 2. The van der Waals surface area contributed by atoms with Crippen LogP contribution in [0.15, 0.2) is 30.3 Å². The lowest BCUT2D eigenvalue weighted by atomic mass is 10.0. The molecule has 1 aromatic rings. The zero-order valence-electron chi connectivity index (χ0n) is 11.1. The highest BCUT2D eigenvalue weighted by Gasteiger charge is 2.19. The van der Waals surface area contributed by atoms with E-state index in [9.17, 15) is 9.90 Å². The van der Waals surface area contributed by atoms with Crippen LogP contribution in [-0.4, -0.2) is 36.8 Å². The van der Waals surface area contributed by atoms with Crippen LogP contribution in [0.5, 0.6) is 0 Å². The van der Waals surface area contributed by atoms with E-state index >= 15 is 0 Å². The minimum atomic E-state index is -0.190. The largest absolute Gasteiger partial charge is 0.394 e. The molecule has 1 aliphatic rings. The van der Waals surface area contributed by atoms with Gasteiger partial charge in [0, 0.05) is 6.42 Å². The second kappa shape index (κ2) is 7.26. The number of rotatable bonds is 6. The second-order valence-corrected chi connectivity index (χ2v) is 5.20. The summed E-state index contributed by atoms with van der Waals surface area (Å²) in [5.41, 5.74) is 1.13. The number of amides is 1. The van der Waals surface area contributed by atoms with Gasteiger partial charge in [0.05, 0.1) is 12.6 Å². The highest BCUT2D eigenvalue weighted by atomic mass is 16.3. The van der Waals surface area contributed by atoms with E-state index in [0.29, 0.717) is 18.8 Å². The summed E-state index contributed by atoms with van der Waals surface area (Å²) in [5.74, 6) is 0.486. The maximum absolute atomic E-state index is 11.9.